The Bertz CT molecular complexity index is 326. The number of hydrogen-bond donors (Lipinski definition) is 1. The highest BCUT2D eigenvalue weighted by Crippen LogP contribution is 2.28. The van der Waals surface area contributed by atoms with E-state index in [1.54, 1.807) is 0 Å². The lowest BCUT2D eigenvalue weighted by Crippen LogP contribution is -2.46. The van der Waals surface area contributed by atoms with Gasteiger partial charge < -0.3 is 5.11 Å². The summed E-state index contributed by atoms with van der Waals surface area (Å²) < 4.78 is 0. The largest absolute Gasteiger partial charge is 0.396 e. The van der Waals surface area contributed by atoms with E-state index in [0.29, 0.717) is 24.6 Å². The van der Waals surface area contributed by atoms with E-state index in [9.17, 15) is 5.11 Å². The van der Waals surface area contributed by atoms with Crippen LogP contribution in [0.1, 0.15) is 32.3 Å². The van der Waals surface area contributed by atoms with Gasteiger partial charge in [-0.05, 0) is 38.2 Å². The standard InChI is InChI=1S/C15H23NO/c1-12-8-15(11-17)9-13(2)16(12)10-14-6-4-3-5-7-14/h3-7,12-13,15,17H,8-11H2,1-2H3/t12-,13-/m0/s1. The van der Waals surface area contributed by atoms with Crippen molar-refractivity contribution in [3.8, 4) is 0 Å². The number of aliphatic hydroxyl groups is 1. The molecule has 2 rings (SSSR count). The zero-order chi connectivity index (χ0) is 12.3. The van der Waals surface area contributed by atoms with Crippen molar-refractivity contribution < 1.29 is 5.11 Å². The molecule has 17 heavy (non-hydrogen) atoms. The van der Waals surface area contributed by atoms with Crippen LogP contribution in [-0.4, -0.2) is 28.7 Å². The molecule has 94 valence electrons. The van der Waals surface area contributed by atoms with Crippen LogP contribution in [0.5, 0.6) is 0 Å². The summed E-state index contributed by atoms with van der Waals surface area (Å²) in [6, 6.07) is 11.8. The molecule has 0 unspecified atom stereocenters. The molecule has 0 spiro atoms. The molecular formula is C15H23NO. The lowest BCUT2D eigenvalue weighted by Gasteiger charge is -2.42. The Morgan fingerprint density at radius 1 is 1.12 bits per heavy atom. The first-order valence-electron chi connectivity index (χ1n) is 6.61. The minimum absolute atomic E-state index is 0.341. The first kappa shape index (κ1) is 12.6. The lowest BCUT2D eigenvalue weighted by molar-refractivity contribution is 0.0411. The molecular weight excluding hydrogens is 210 g/mol. The zero-order valence-corrected chi connectivity index (χ0v) is 10.8. The molecule has 1 N–H and O–H groups in total. The molecule has 1 aromatic carbocycles. The third-order valence-corrected chi connectivity index (χ3v) is 3.95. The monoisotopic (exact) mass is 233 g/mol. The van der Waals surface area contributed by atoms with Gasteiger partial charge in [-0.25, -0.2) is 0 Å². The molecule has 1 heterocycles. The Labute approximate surface area is 104 Å². The van der Waals surface area contributed by atoms with Crippen molar-refractivity contribution in [1.82, 2.24) is 4.90 Å². The molecule has 0 aliphatic carbocycles. The molecule has 2 nitrogen and oxygen atoms in total. The van der Waals surface area contributed by atoms with Crippen molar-refractivity contribution >= 4 is 0 Å². The van der Waals surface area contributed by atoms with Crippen LogP contribution in [0.2, 0.25) is 0 Å². The molecule has 0 aromatic heterocycles. The zero-order valence-electron chi connectivity index (χ0n) is 10.8. The summed E-state index contributed by atoms with van der Waals surface area (Å²) >= 11 is 0. The third kappa shape index (κ3) is 3.08. The predicted molar refractivity (Wildman–Crippen MR) is 70.7 cm³/mol. The summed E-state index contributed by atoms with van der Waals surface area (Å²) in [6.07, 6.45) is 2.24. The number of likely N-dealkylation sites (tertiary alicyclic amines) is 1. The Morgan fingerprint density at radius 2 is 1.71 bits per heavy atom. The smallest absolute Gasteiger partial charge is 0.0460 e. The summed E-state index contributed by atoms with van der Waals surface area (Å²) in [5.74, 6) is 0.493. The highest BCUT2D eigenvalue weighted by molar-refractivity contribution is 5.14. The fourth-order valence-electron chi connectivity index (χ4n) is 3.02. The molecule has 0 amide bonds. The van der Waals surface area contributed by atoms with Gasteiger partial charge in [0.1, 0.15) is 0 Å². The highest BCUT2D eigenvalue weighted by Gasteiger charge is 2.30. The second kappa shape index (κ2) is 5.65. The average molecular weight is 233 g/mol. The lowest BCUT2D eigenvalue weighted by atomic mass is 9.87. The second-order valence-electron chi connectivity index (χ2n) is 5.38. The highest BCUT2D eigenvalue weighted by atomic mass is 16.3. The van der Waals surface area contributed by atoms with Gasteiger partial charge in [-0.15, -0.1) is 0 Å². The SMILES string of the molecule is C[C@H]1CC(CO)C[C@H](C)N1Cc1ccccc1. The molecule has 2 heteroatoms. The number of hydrogen-bond acceptors (Lipinski definition) is 2. The Balaban J connectivity index is 2.01. The number of benzene rings is 1. The Hall–Kier alpha value is -0.860. The molecule has 0 radical (unpaired) electrons. The molecule has 1 aliphatic heterocycles. The van der Waals surface area contributed by atoms with Gasteiger partial charge in [0.25, 0.3) is 0 Å². The number of piperidine rings is 1. The van der Waals surface area contributed by atoms with Crippen molar-refractivity contribution in [2.75, 3.05) is 6.61 Å². The van der Waals surface area contributed by atoms with E-state index in [1.165, 1.54) is 5.56 Å². The van der Waals surface area contributed by atoms with E-state index in [1.807, 2.05) is 0 Å². The van der Waals surface area contributed by atoms with Gasteiger partial charge in [0.2, 0.25) is 0 Å². The number of rotatable bonds is 3. The minimum atomic E-state index is 0.341. The van der Waals surface area contributed by atoms with E-state index in [4.69, 9.17) is 0 Å². The van der Waals surface area contributed by atoms with Crippen molar-refractivity contribution in [3.05, 3.63) is 35.9 Å². The van der Waals surface area contributed by atoms with Gasteiger partial charge in [-0.2, -0.15) is 0 Å². The number of nitrogens with zero attached hydrogens (tertiary/aromatic N) is 1. The predicted octanol–water partition coefficient (Wildman–Crippen LogP) is 2.67. The van der Waals surface area contributed by atoms with Crippen LogP contribution in [0, 0.1) is 5.92 Å². The molecule has 0 bridgehead atoms. The van der Waals surface area contributed by atoms with E-state index in [-0.39, 0.29) is 0 Å². The Morgan fingerprint density at radius 3 is 2.24 bits per heavy atom. The van der Waals surface area contributed by atoms with E-state index in [2.05, 4.69) is 49.1 Å². The van der Waals surface area contributed by atoms with Gasteiger partial charge in [-0.3, -0.25) is 4.90 Å². The van der Waals surface area contributed by atoms with E-state index < -0.39 is 0 Å². The van der Waals surface area contributed by atoms with Crippen LogP contribution in [0.3, 0.4) is 0 Å². The van der Waals surface area contributed by atoms with Crippen LogP contribution in [0.25, 0.3) is 0 Å². The molecule has 1 aromatic rings. The first-order valence-corrected chi connectivity index (χ1v) is 6.61. The van der Waals surface area contributed by atoms with Crippen LogP contribution < -0.4 is 0 Å². The van der Waals surface area contributed by atoms with Crippen molar-refractivity contribution in [1.29, 1.82) is 0 Å². The van der Waals surface area contributed by atoms with Crippen molar-refractivity contribution in [3.63, 3.8) is 0 Å². The maximum absolute atomic E-state index is 9.28. The summed E-state index contributed by atoms with van der Waals surface area (Å²) in [5.41, 5.74) is 1.38. The summed E-state index contributed by atoms with van der Waals surface area (Å²) in [5, 5.41) is 9.28. The van der Waals surface area contributed by atoms with E-state index in [0.717, 1.165) is 19.4 Å². The molecule has 0 saturated carbocycles. The molecule has 1 saturated heterocycles. The van der Waals surface area contributed by atoms with Crippen molar-refractivity contribution in [2.45, 2.75) is 45.3 Å². The van der Waals surface area contributed by atoms with Gasteiger partial charge in [-0.1, -0.05) is 30.3 Å². The molecule has 2 atom stereocenters. The van der Waals surface area contributed by atoms with Crippen molar-refractivity contribution in [2.24, 2.45) is 5.92 Å². The van der Waals surface area contributed by atoms with Gasteiger partial charge in [0, 0.05) is 25.2 Å². The van der Waals surface area contributed by atoms with Crippen LogP contribution in [-0.2, 0) is 6.54 Å². The summed E-state index contributed by atoms with van der Waals surface area (Å²) in [4.78, 5) is 2.56. The normalized spacial score (nSPS) is 30.4. The third-order valence-electron chi connectivity index (χ3n) is 3.95. The minimum Gasteiger partial charge on any atom is -0.396 e. The van der Waals surface area contributed by atoms with Gasteiger partial charge >= 0.3 is 0 Å². The van der Waals surface area contributed by atoms with Gasteiger partial charge in [0.05, 0.1) is 0 Å². The fourth-order valence-corrected chi connectivity index (χ4v) is 3.02. The summed E-state index contributed by atoms with van der Waals surface area (Å²) in [7, 11) is 0. The Kier molecular flexibility index (Phi) is 4.19. The second-order valence-corrected chi connectivity index (χ2v) is 5.38. The van der Waals surface area contributed by atoms with Crippen LogP contribution in [0.15, 0.2) is 30.3 Å². The maximum Gasteiger partial charge on any atom is 0.0460 e. The average Bonchev–Trinajstić information content (AvgIpc) is 2.35. The van der Waals surface area contributed by atoms with Gasteiger partial charge in [0.15, 0.2) is 0 Å². The molecule has 1 fully saturated rings. The van der Waals surface area contributed by atoms with Crippen LogP contribution >= 0.6 is 0 Å². The van der Waals surface area contributed by atoms with E-state index >= 15 is 0 Å². The first-order chi connectivity index (χ1) is 8.20. The van der Waals surface area contributed by atoms with Crippen LogP contribution in [0.4, 0.5) is 0 Å². The quantitative estimate of drug-likeness (QED) is 0.867. The topological polar surface area (TPSA) is 23.5 Å². The molecule has 1 aliphatic rings. The fraction of sp³-hybridized carbons (Fsp3) is 0.600. The maximum atomic E-state index is 9.28. The summed E-state index contributed by atoms with van der Waals surface area (Å²) in [6.45, 7) is 5.93. The number of aliphatic hydroxyl groups excluding tert-OH is 1.